The van der Waals surface area contributed by atoms with Gasteiger partial charge in [-0.2, -0.15) is 0 Å². The van der Waals surface area contributed by atoms with Crippen LogP contribution in [-0.2, 0) is 0 Å². The summed E-state index contributed by atoms with van der Waals surface area (Å²) < 4.78 is 0.811. The van der Waals surface area contributed by atoms with Crippen molar-refractivity contribution in [2.24, 2.45) is 0 Å². The molecule has 0 bridgehead atoms. The van der Waals surface area contributed by atoms with Crippen LogP contribution in [0, 0.1) is 13.8 Å². The number of nitrogens with zero attached hydrogens (tertiary/aromatic N) is 1. The predicted molar refractivity (Wildman–Crippen MR) is 89.1 cm³/mol. The van der Waals surface area contributed by atoms with Crippen molar-refractivity contribution in [2.45, 2.75) is 20.8 Å². The van der Waals surface area contributed by atoms with Gasteiger partial charge in [0.05, 0.1) is 11.3 Å². The average Bonchev–Trinajstić information content (AvgIpc) is 2.46. The van der Waals surface area contributed by atoms with Crippen LogP contribution in [-0.4, -0.2) is 17.6 Å². The number of carbonyl (C=O) groups is 1. The number of anilines is 1. The zero-order valence-electron chi connectivity index (χ0n) is 12.4. The van der Waals surface area contributed by atoms with Gasteiger partial charge in [-0.15, -0.1) is 0 Å². The summed E-state index contributed by atoms with van der Waals surface area (Å²) in [6.07, 6.45) is 0. The van der Waals surface area contributed by atoms with E-state index in [1.165, 1.54) is 0 Å². The largest absolute Gasteiger partial charge is 0.508 e. The number of halogens is 1. The molecule has 2 aromatic rings. The zero-order valence-corrected chi connectivity index (χ0v) is 13.9. The van der Waals surface area contributed by atoms with Crippen molar-refractivity contribution >= 4 is 27.5 Å². The van der Waals surface area contributed by atoms with Gasteiger partial charge in [-0.1, -0.05) is 18.2 Å². The van der Waals surface area contributed by atoms with Gasteiger partial charge in [0, 0.05) is 17.1 Å². The van der Waals surface area contributed by atoms with Crippen LogP contribution in [0.15, 0.2) is 40.9 Å². The Balaban J connectivity index is 2.48. The van der Waals surface area contributed by atoms with Crippen LogP contribution < -0.4 is 4.90 Å². The Morgan fingerprint density at radius 2 is 1.90 bits per heavy atom. The number of aryl methyl sites for hydroxylation is 2. The van der Waals surface area contributed by atoms with Crippen molar-refractivity contribution in [3.63, 3.8) is 0 Å². The molecule has 0 saturated heterocycles. The van der Waals surface area contributed by atoms with Gasteiger partial charge in [0.15, 0.2) is 0 Å². The molecule has 0 spiro atoms. The maximum absolute atomic E-state index is 12.8. The maximum atomic E-state index is 12.8. The van der Waals surface area contributed by atoms with Crippen LogP contribution in [0.5, 0.6) is 5.75 Å². The Labute approximate surface area is 133 Å². The van der Waals surface area contributed by atoms with Crippen LogP contribution in [0.2, 0.25) is 0 Å². The highest BCUT2D eigenvalue weighted by Crippen LogP contribution is 2.29. The third-order valence-electron chi connectivity index (χ3n) is 3.47. The third-order valence-corrected chi connectivity index (χ3v) is 4.52. The van der Waals surface area contributed by atoms with Crippen LogP contribution in [0.3, 0.4) is 0 Å². The summed E-state index contributed by atoms with van der Waals surface area (Å²) in [6, 6.07) is 10.7. The summed E-state index contributed by atoms with van der Waals surface area (Å²) in [5.74, 6) is 0.0759. The van der Waals surface area contributed by atoms with E-state index in [4.69, 9.17) is 0 Å². The van der Waals surface area contributed by atoms with E-state index in [2.05, 4.69) is 15.9 Å². The quantitative estimate of drug-likeness (QED) is 0.891. The molecule has 0 aliphatic carbocycles. The molecule has 0 saturated carbocycles. The van der Waals surface area contributed by atoms with Gasteiger partial charge in [-0.25, -0.2) is 0 Å². The van der Waals surface area contributed by atoms with E-state index in [0.717, 1.165) is 21.3 Å². The van der Waals surface area contributed by atoms with Gasteiger partial charge < -0.3 is 10.0 Å². The Morgan fingerprint density at radius 1 is 1.19 bits per heavy atom. The number of phenols is 1. The minimum atomic E-state index is -0.0817. The van der Waals surface area contributed by atoms with Gasteiger partial charge in [-0.3, -0.25) is 4.79 Å². The fourth-order valence-electron chi connectivity index (χ4n) is 2.27. The van der Waals surface area contributed by atoms with E-state index in [1.807, 2.05) is 39.0 Å². The van der Waals surface area contributed by atoms with Crippen LogP contribution in [0.4, 0.5) is 5.69 Å². The minimum absolute atomic E-state index is 0.0817. The Morgan fingerprint density at radius 3 is 2.57 bits per heavy atom. The Kier molecular flexibility index (Phi) is 4.68. The maximum Gasteiger partial charge on any atom is 0.259 e. The molecule has 0 atom stereocenters. The molecule has 21 heavy (non-hydrogen) atoms. The minimum Gasteiger partial charge on any atom is -0.508 e. The van der Waals surface area contributed by atoms with Crippen LogP contribution >= 0.6 is 15.9 Å². The molecule has 0 fully saturated rings. The fourth-order valence-corrected chi connectivity index (χ4v) is 2.70. The Bertz CT molecular complexity index is 682. The number of hydrogen-bond donors (Lipinski definition) is 1. The zero-order chi connectivity index (χ0) is 15.6. The highest BCUT2D eigenvalue weighted by molar-refractivity contribution is 9.10. The smallest absolute Gasteiger partial charge is 0.259 e. The SMILES string of the molecule is CCN(C(=O)c1cccc(C)c1Br)c1cc(O)ccc1C. The van der Waals surface area contributed by atoms with Crippen LogP contribution in [0.1, 0.15) is 28.4 Å². The van der Waals surface area contributed by atoms with Crippen molar-refractivity contribution in [3.8, 4) is 5.75 Å². The first-order valence-electron chi connectivity index (χ1n) is 6.82. The van der Waals surface area contributed by atoms with Crippen molar-refractivity contribution in [1.29, 1.82) is 0 Å². The first kappa shape index (κ1) is 15.6. The van der Waals surface area contributed by atoms with Crippen molar-refractivity contribution < 1.29 is 9.90 Å². The summed E-state index contributed by atoms with van der Waals surface area (Å²) in [5.41, 5.74) is 3.33. The molecule has 4 heteroatoms. The molecule has 2 aromatic carbocycles. The molecule has 110 valence electrons. The normalized spacial score (nSPS) is 10.5. The molecule has 0 aliphatic rings. The summed E-state index contributed by atoms with van der Waals surface area (Å²) in [6.45, 7) is 6.33. The second kappa shape index (κ2) is 6.31. The lowest BCUT2D eigenvalue weighted by Crippen LogP contribution is -2.31. The molecule has 3 nitrogen and oxygen atoms in total. The number of phenolic OH excluding ortho intramolecular Hbond substituents is 1. The third kappa shape index (κ3) is 3.10. The van der Waals surface area contributed by atoms with E-state index in [9.17, 15) is 9.90 Å². The van der Waals surface area contributed by atoms with Gasteiger partial charge in [0.2, 0.25) is 0 Å². The summed E-state index contributed by atoms with van der Waals surface area (Å²) >= 11 is 3.49. The lowest BCUT2D eigenvalue weighted by molar-refractivity contribution is 0.0987. The van der Waals surface area contributed by atoms with E-state index in [-0.39, 0.29) is 11.7 Å². The lowest BCUT2D eigenvalue weighted by Gasteiger charge is -2.24. The Hall–Kier alpha value is -1.81. The molecule has 0 radical (unpaired) electrons. The average molecular weight is 348 g/mol. The number of aromatic hydroxyl groups is 1. The second-order valence-electron chi connectivity index (χ2n) is 4.96. The molecular formula is C17H18BrNO2. The number of rotatable bonds is 3. The number of carbonyl (C=O) groups excluding carboxylic acids is 1. The van der Waals surface area contributed by atoms with E-state index >= 15 is 0 Å². The molecule has 1 amide bonds. The highest BCUT2D eigenvalue weighted by atomic mass is 79.9. The monoisotopic (exact) mass is 347 g/mol. The summed E-state index contributed by atoms with van der Waals surface area (Å²) in [4.78, 5) is 14.5. The molecule has 0 unspecified atom stereocenters. The number of hydrogen-bond acceptors (Lipinski definition) is 2. The number of benzene rings is 2. The molecule has 0 heterocycles. The van der Waals surface area contributed by atoms with Gasteiger partial charge in [0.1, 0.15) is 5.75 Å². The lowest BCUT2D eigenvalue weighted by atomic mass is 10.1. The van der Waals surface area contributed by atoms with Crippen LogP contribution in [0.25, 0.3) is 0 Å². The van der Waals surface area contributed by atoms with Crippen molar-refractivity contribution in [1.82, 2.24) is 0 Å². The van der Waals surface area contributed by atoms with E-state index in [1.54, 1.807) is 23.1 Å². The van der Waals surface area contributed by atoms with E-state index < -0.39 is 0 Å². The summed E-state index contributed by atoms with van der Waals surface area (Å²) in [7, 11) is 0. The first-order chi connectivity index (χ1) is 9.95. The van der Waals surface area contributed by atoms with Crippen molar-refractivity contribution in [2.75, 3.05) is 11.4 Å². The van der Waals surface area contributed by atoms with Gasteiger partial charge >= 0.3 is 0 Å². The molecule has 0 aliphatic heterocycles. The first-order valence-corrected chi connectivity index (χ1v) is 7.61. The molecule has 2 rings (SSSR count). The number of amides is 1. The highest BCUT2D eigenvalue weighted by Gasteiger charge is 2.20. The fraction of sp³-hybridized carbons (Fsp3) is 0.235. The van der Waals surface area contributed by atoms with Crippen molar-refractivity contribution in [3.05, 3.63) is 57.6 Å². The second-order valence-corrected chi connectivity index (χ2v) is 5.75. The summed E-state index contributed by atoms with van der Waals surface area (Å²) in [5, 5.41) is 9.69. The predicted octanol–water partition coefficient (Wildman–Crippen LogP) is 4.44. The molecular weight excluding hydrogens is 330 g/mol. The van der Waals surface area contributed by atoms with Gasteiger partial charge in [-0.05, 0) is 60.0 Å². The standard InChI is InChI=1S/C17H18BrNO2/c1-4-19(15-10-13(20)9-8-11(15)2)17(21)14-7-5-6-12(3)16(14)18/h5-10,20H,4H2,1-3H3. The van der Waals surface area contributed by atoms with E-state index in [0.29, 0.717) is 12.1 Å². The molecule has 0 aromatic heterocycles. The molecule has 1 N–H and O–H groups in total. The van der Waals surface area contributed by atoms with Gasteiger partial charge in [0.25, 0.3) is 5.91 Å². The topological polar surface area (TPSA) is 40.5 Å².